The zero-order chi connectivity index (χ0) is 10.8. The van der Waals surface area contributed by atoms with E-state index in [1.807, 2.05) is 18.9 Å². The fourth-order valence-corrected chi connectivity index (χ4v) is 1.74. The van der Waals surface area contributed by atoms with E-state index in [2.05, 4.69) is 10.4 Å². The molecule has 0 aromatic carbocycles. The molecular weight excluding hydrogens is 192 g/mol. The van der Waals surface area contributed by atoms with Crippen LogP contribution in [0, 0.1) is 0 Å². The van der Waals surface area contributed by atoms with Gasteiger partial charge in [-0.15, -0.1) is 0 Å². The highest BCUT2D eigenvalue weighted by atomic mass is 16.2. The van der Waals surface area contributed by atoms with Crippen molar-refractivity contribution >= 4 is 5.91 Å². The molecule has 2 heterocycles. The van der Waals surface area contributed by atoms with Crippen molar-refractivity contribution in [3.05, 3.63) is 18.0 Å². The minimum Gasteiger partial charge on any atom is -0.332 e. The Labute approximate surface area is 89.1 Å². The van der Waals surface area contributed by atoms with Crippen LogP contribution in [0.25, 0.3) is 0 Å². The van der Waals surface area contributed by atoms with Gasteiger partial charge in [-0.1, -0.05) is 0 Å². The first-order valence-electron chi connectivity index (χ1n) is 5.23. The number of nitrogens with zero attached hydrogens (tertiary/aromatic N) is 3. The van der Waals surface area contributed by atoms with E-state index < -0.39 is 0 Å². The van der Waals surface area contributed by atoms with Gasteiger partial charge in [0.05, 0.1) is 6.04 Å². The minimum absolute atomic E-state index is 0.0320. The molecule has 15 heavy (non-hydrogen) atoms. The van der Waals surface area contributed by atoms with E-state index in [1.165, 1.54) is 0 Å². The Kier molecular flexibility index (Phi) is 2.73. The largest absolute Gasteiger partial charge is 0.332 e. The first kappa shape index (κ1) is 10.2. The van der Waals surface area contributed by atoms with Gasteiger partial charge in [-0.3, -0.25) is 9.48 Å². The number of carbonyl (C=O) groups excluding carboxylic acids is 1. The summed E-state index contributed by atoms with van der Waals surface area (Å²) in [6, 6.07) is 2.10. The molecule has 0 unspecified atom stereocenters. The van der Waals surface area contributed by atoms with Crippen LogP contribution in [0.15, 0.2) is 12.3 Å². The molecule has 1 aliphatic rings. The van der Waals surface area contributed by atoms with E-state index in [0.717, 1.165) is 19.6 Å². The average Bonchev–Trinajstić information content (AvgIpc) is 2.57. The molecule has 0 spiro atoms. The highest BCUT2D eigenvalue weighted by Crippen LogP contribution is 2.09. The summed E-state index contributed by atoms with van der Waals surface area (Å²) in [5, 5.41) is 7.29. The second kappa shape index (κ2) is 4.02. The number of hydrogen-bond acceptors (Lipinski definition) is 3. The lowest BCUT2D eigenvalue weighted by Crippen LogP contribution is -2.58. The predicted octanol–water partition coefficient (Wildman–Crippen LogP) is -0.146. The summed E-state index contributed by atoms with van der Waals surface area (Å²) < 4.78 is 1.65. The molecular formula is C10H16N4O. The number of amides is 1. The van der Waals surface area contributed by atoms with Gasteiger partial charge in [-0.2, -0.15) is 5.10 Å². The highest BCUT2D eigenvalue weighted by molar-refractivity contribution is 5.92. The van der Waals surface area contributed by atoms with Crippen molar-refractivity contribution in [2.75, 3.05) is 19.6 Å². The molecule has 1 aliphatic heterocycles. The smallest absolute Gasteiger partial charge is 0.274 e. The topological polar surface area (TPSA) is 50.2 Å². The van der Waals surface area contributed by atoms with Gasteiger partial charge in [0.2, 0.25) is 0 Å². The molecule has 0 bridgehead atoms. The van der Waals surface area contributed by atoms with Crippen LogP contribution in [0.5, 0.6) is 0 Å². The van der Waals surface area contributed by atoms with E-state index >= 15 is 0 Å². The van der Waals surface area contributed by atoms with Gasteiger partial charge < -0.3 is 10.2 Å². The Bertz CT molecular complexity index is 356. The van der Waals surface area contributed by atoms with Crippen LogP contribution in [-0.2, 0) is 7.05 Å². The molecule has 1 N–H and O–H groups in total. The summed E-state index contributed by atoms with van der Waals surface area (Å²) in [6.07, 6.45) is 1.79. The maximum atomic E-state index is 12.0. The molecule has 5 heteroatoms. The molecule has 1 amide bonds. The van der Waals surface area contributed by atoms with E-state index in [9.17, 15) is 4.79 Å². The molecule has 0 radical (unpaired) electrons. The zero-order valence-electron chi connectivity index (χ0n) is 9.10. The van der Waals surface area contributed by atoms with Crippen LogP contribution in [-0.4, -0.2) is 46.3 Å². The number of nitrogens with one attached hydrogen (secondary N) is 1. The van der Waals surface area contributed by atoms with Gasteiger partial charge in [0.15, 0.2) is 0 Å². The van der Waals surface area contributed by atoms with Crippen molar-refractivity contribution in [2.45, 2.75) is 13.0 Å². The molecule has 2 rings (SSSR count). The van der Waals surface area contributed by atoms with Crippen LogP contribution >= 0.6 is 0 Å². The average molecular weight is 208 g/mol. The van der Waals surface area contributed by atoms with Crippen LogP contribution in [0.3, 0.4) is 0 Å². The molecule has 0 aliphatic carbocycles. The number of aromatic nitrogens is 2. The fraction of sp³-hybridized carbons (Fsp3) is 0.600. The van der Waals surface area contributed by atoms with E-state index in [0.29, 0.717) is 11.7 Å². The molecule has 82 valence electrons. The Hall–Kier alpha value is -1.36. The highest BCUT2D eigenvalue weighted by Gasteiger charge is 2.28. The lowest BCUT2D eigenvalue weighted by molar-refractivity contribution is 0.0623. The number of aryl methyl sites for hydroxylation is 1. The summed E-state index contributed by atoms with van der Waals surface area (Å²) in [7, 11) is 1.82. The second-order valence-electron chi connectivity index (χ2n) is 3.78. The Balaban J connectivity index is 2.10. The summed E-state index contributed by atoms with van der Waals surface area (Å²) in [4.78, 5) is 13.9. The Morgan fingerprint density at radius 2 is 2.47 bits per heavy atom. The van der Waals surface area contributed by atoms with Gasteiger partial charge in [0, 0.05) is 32.9 Å². The van der Waals surface area contributed by atoms with Crippen molar-refractivity contribution in [1.82, 2.24) is 20.0 Å². The Morgan fingerprint density at radius 1 is 1.73 bits per heavy atom. The Morgan fingerprint density at radius 3 is 2.87 bits per heavy atom. The van der Waals surface area contributed by atoms with E-state index in [1.54, 1.807) is 16.9 Å². The van der Waals surface area contributed by atoms with Gasteiger partial charge >= 0.3 is 0 Å². The summed E-state index contributed by atoms with van der Waals surface area (Å²) in [5.41, 5.74) is 0.534. The van der Waals surface area contributed by atoms with Crippen LogP contribution in [0.2, 0.25) is 0 Å². The molecule has 1 aromatic rings. The molecule has 0 saturated carbocycles. The first-order chi connectivity index (χ1) is 7.22. The third-order valence-electron chi connectivity index (χ3n) is 2.73. The van der Waals surface area contributed by atoms with Crippen molar-refractivity contribution in [2.24, 2.45) is 7.05 Å². The predicted molar refractivity (Wildman–Crippen MR) is 56.6 cm³/mol. The maximum absolute atomic E-state index is 12.0. The third-order valence-corrected chi connectivity index (χ3v) is 2.73. The first-order valence-corrected chi connectivity index (χ1v) is 5.23. The normalized spacial score (nSPS) is 16.1. The quantitative estimate of drug-likeness (QED) is 0.752. The lowest BCUT2D eigenvalue weighted by atomic mass is 10.1. The number of carbonyl (C=O) groups is 1. The summed E-state index contributed by atoms with van der Waals surface area (Å²) in [5.74, 6) is 0.0320. The summed E-state index contributed by atoms with van der Waals surface area (Å²) >= 11 is 0. The number of rotatable bonds is 3. The molecule has 0 atom stereocenters. The molecule has 5 nitrogen and oxygen atoms in total. The van der Waals surface area contributed by atoms with E-state index in [-0.39, 0.29) is 5.91 Å². The minimum atomic E-state index is 0.0320. The number of hydrogen-bond donors (Lipinski definition) is 1. The van der Waals surface area contributed by atoms with Crippen LogP contribution < -0.4 is 5.32 Å². The van der Waals surface area contributed by atoms with Gasteiger partial charge in [0.25, 0.3) is 5.91 Å². The van der Waals surface area contributed by atoms with Gasteiger partial charge in [-0.25, -0.2) is 0 Å². The zero-order valence-corrected chi connectivity index (χ0v) is 9.10. The van der Waals surface area contributed by atoms with Crippen molar-refractivity contribution in [1.29, 1.82) is 0 Å². The summed E-state index contributed by atoms with van der Waals surface area (Å²) in [6.45, 7) is 4.53. The standard InChI is InChI=1S/C10H16N4O/c1-3-14(8-6-11-7-8)10(15)9-4-5-13(2)12-9/h4-5,8,11H,3,6-7H2,1-2H3. The SMILES string of the molecule is CCN(C(=O)c1ccn(C)n1)C1CNC1. The molecule has 1 fully saturated rings. The van der Waals surface area contributed by atoms with Crippen molar-refractivity contribution in [3.63, 3.8) is 0 Å². The maximum Gasteiger partial charge on any atom is 0.274 e. The van der Waals surface area contributed by atoms with E-state index in [4.69, 9.17) is 0 Å². The van der Waals surface area contributed by atoms with Crippen molar-refractivity contribution in [3.8, 4) is 0 Å². The van der Waals surface area contributed by atoms with Gasteiger partial charge in [-0.05, 0) is 13.0 Å². The fourth-order valence-electron chi connectivity index (χ4n) is 1.74. The van der Waals surface area contributed by atoms with Crippen LogP contribution in [0.1, 0.15) is 17.4 Å². The van der Waals surface area contributed by atoms with Gasteiger partial charge in [0.1, 0.15) is 5.69 Å². The van der Waals surface area contributed by atoms with Crippen molar-refractivity contribution < 1.29 is 4.79 Å². The third kappa shape index (κ3) is 1.87. The van der Waals surface area contributed by atoms with Crippen LogP contribution in [0.4, 0.5) is 0 Å². The molecule has 1 saturated heterocycles. The monoisotopic (exact) mass is 208 g/mol. The second-order valence-corrected chi connectivity index (χ2v) is 3.78. The molecule has 1 aromatic heterocycles. The number of likely N-dealkylation sites (N-methyl/N-ethyl adjacent to an activating group) is 1. The lowest BCUT2D eigenvalue weighted by Gasteiger charge is -2.37.